The Morgan fingerprint density at radius 3 is 2.26 bits per heavy atom. The van der Waals surface area contributed by atoms with E-state index in [4.69, 9.17) is 0 Å². The van der Waals surface area contributed by atoms with Crippen LogP contribution in [0.5, 0.6) is 0 Å². The number of amides is 2. The molecule has 1 heterocycles. The molecular formula is C24H25N3O3S. The molecule has 6 nitrogen and oxygen atoms in total. The Morgan fingerprint density at radius 1 is 0.871 bits per heavy atom. The molecule has 0 saturated carbocycles. The molecule has 0 atom stereocenters. The quantitative estimate of drug-likeness (QED) is 0.599. The number of sulfonamides is 1. The van der Waals surface area contributed by atoms with Crippen molar-refractivity contribution in [3.63, 3.8) is 0 Å². The summed E-state index contributed by atoms with van der Waals surface area (Å²) in [6.45, 7) is 4.40. The van der Waals surface area contributed by atoms with Gasteiger partial charge in [-0.3, -0.25) is 4.31 Å². The van der Waals surface area contributed by atoms with Crippen molar-refractivity contribution in [3.05, 3.63) is 83.4 Å². The van der Waals surface area contributed by atoms with E-state index in [1.54, 1.807) is 42.5 Å². The van der Waals surface area contributed by atoms with Crippen LogP contribution in [-0.2, 0) is 16.4 Å². The molecule has 4 rings (SSSR count). The molecule has 1 aliphatic heterocycles. The molecule has 0 aliphatic carbocycles. The number of nitrogens with one attached hydrogen (secondary N) is 2. The third kappa shape index (κ3) is 4.56. The van der Waals surface area contributed by atoms with Crippen molar-refractivity contribution in [2.45, 2.75) is 31.6 Å². The van der Waals surface area contributed by atoms with E-state index in [2.05, 4.69) is 10.6 Å². The first kappa shape index (κ1) is 20.9. The standard InChI is InChI=1S/C24H25N3O3S/c1-17-13-18(2)15-21(14-17)26-24(28)25-20-10-11-23-19(16-20)7-6-12-27(23)31(29,30)22-8-4-3-5-9-22/h3-5,8-11,13-16H,6-7,12H2,1-2H3,(H2,25,26,28). The highest BCUT2D eigenvalue weighted by molar-refractivity contribution is 7.92. The van der Waals surface area contributed by atoms with Gasteiger partial charge >= 0.3 is 6.03 Å². The molecule has 3 aromatic rings. The van der Waals surface area contributed by atoms with Gasteiger partial charge in [0.05, 0.1) is 10.6 Å². The molecule has 2 N–H and O–H groups in total. The average Bonchev–Trinajstić information content (AvgIpc) is 2.73. The number of hydrogen-bond acceptors (Lipinski definition) is 3. The lowest BCUT2D eigenvalue weighted by Gasteiger charge is -2.30. The minimum Gasteiger partial charge on any atom is -0.308 e. The summed E-state index contributed by atoms with van der Waals surface area (Å²) < 4.78 is 27.7. The molecule has 2 amide bonds. The first-order chi connectivity index (χ1) is 14.8. The van der Waals surface area contributed by atoms with Crippen molar-refractivity contribution in [2.75, 3.05) is 21.5 Å². The molecule has 0 spiro atoms. The molecule has 31 heavy (non-hydrogen) atoms. The summed E-state index contributed by atoms with van der Waals surface area (Å²) in [6, 6.07) is 19.3. The smallest absolute Gasteiger partial charge is 0.308 e. The maximum absolute atomic E-state index is 13.1. The highest BCUT2D eigenvalue weighted by Gasteiger charge is 2.29. The van der Waals surface area contributed by atoms with Gasteiger partial charge in [0.2, 0.25) is 0 Å². The van der Waals surface area contributed by atoms with Crippen LogP contribution in [0.3, 0.4) is 0 Å². The predicted octanol–water partition coefficient (Wildman–Crippen LogP) is 5.09. The average molecular weight is 436 g/mol. The third-order valence-electron chi connectivity index (χ3n) is 5.22. The highest BCUT2D eigenvalue weighted by atomic mass is 32.2. The summed E-state index contributed by atoms with van der Waals surface area (Å²) in [5, 5.41) is 5.70. The number of carbonyl (C=O) groups excluding carboxylic acids is 1. The monoisotopic (exact) mass is 435 g/mol. The van der Waals surface area contributed by atoms with Crippen LogP contribution in [0.15, 0.2) is 71.6 Å². The first-order valence-electron chi connectivity index (χ1n) is 10.2. The lowest BCUT2D eigenvalue weighted by molar-refractivity contribution is 0.262. The molecule has 0 unspecified atom stereocenters. The van der Waals surface area contributed by atoms with Crippen LogP contribution in [0, 0.1) is 13.8 Å². The Labute approximate surface area is 183 Å². The second-order valence-electron chi connectivity index (χ2n) is 7.79. The second-order valence-corrected chi connectivity index (χ2v) is 9.66. The number of benzene rings is 3. The van der Waals surface area contributed by atoms with Crippen molar-refractivity contribution in [2.24, 2.45) is 0 Å². The predicted molar refractivity (Wildman–Crippen MR) is 124 cm³/mol. The fraction of sp³-hybridized carbons (Fsp3) is 0.208. The topological polar surface area (TPSA) is 78.5 Å². The van der Waals surface area contributed by atoms with Crippen molar-refractivity contribution >= 4 is 33.1 Å². The zero-order valence-corrected chi connectivity index (χ0v) is 18.4. The molecule has 0 bridgehead atoms. The Kier molecular flexibility index (Phi) is 5.69. The van der Waals surface area contributed by atoms with Gasteiger partial charge in [-0.25, -0.2) is 13.2 Å². The number of fused-ring (bicyclic) bond motifs is 1. The fourth-order valence-corrected chi connectivity index (χ4v) is 5.51. The van der Waals surface area contributed by atoms with E-state index >= 15 is 0 Å². The number of hydrogen-bond donors (Lipinski definition) is 2. The van der Waals surface area contributed by atoms with Crippen LogP contribution in [0.2, 0.25) is 0 Å². The molecule has 0 fully saturated rings. The van der Waals surface area contributed by atoms with Crippen molar-refractivity contribution in [1.82, 2.24) is 0 Å². The summed E-state index contributed by atoms with van der Waals surface area (Å²) in [7, 11) is -3.63. The Balaban J connectivity index is 1.54. The Bertz CT molecular complexity index is 1200. The second kappa shape index (κ2) is 8.43. The molecule has 3 aromatic carbocycles. The largest absolute Gasteiger partial charge is 0.323 e. The van der Waals surface area contributed by atoms with E-state index in [0.29, 0.717) is 17.9 Å². The fourth-order valence-electron chi connectivity index (χ4n) is 3.95. The highest BCUT2D eigenvalue weighted by Crippen LogP contribution is 2.33. The molecular weight excluding hydrogens is 410 g/mol. The number of urea groups is 1. The number of rotatable bonds is 4. The zero-order chi connectivity index (χ0) is 22.0. The molecule has 1 aliphatic rings. The van der Waals surface area contributed by atoms with Gasteiger partial charge in [-0.05, 0) is 85.8 Å². The summed E-state index contributed by atoms with van der Waals surface area (Å²) >= 11 is 0. The lowest BCUT2D eigenvalue weighted by Crippen LogP contribution is -2.35. The van der Waals surface area contributed by atoms with Gasteiger partial charge in [0, 0.05) is 17.9 Å². The van der Waals surface area contributed by atoms with Crippen LogP contribution < -0.4 is 14.9 Å². The Morgan fingerprint density at radius 2 is 1.55 bits per heavy atom. The molecule has 0 aromatic heterocycles. The van der Waals surface area contributed by atoms with Crippen molar-refractivity contribution in [3.8, 4) is 0 Å². The SMILES string of the molecule is Cc1cc(C)cc(NC(=O)Nc2ccc3c(c2)CCCN3S(=O)(=O)c2ccccc2)c1. The zero-order valence-electron chi connectivity index (χ0n) is 17.6. The molecule has 7 heteroatoms. The van der Waals surface area contributed by atoms with E-state index in [0.717, 1.165) is 35.2 Å². The van der Waals surface area contributed by atoms with E-state index in [1.807, 2.05) is 38.1 Å². The number of anilines is 3. The minimum atomic E-state index is -3.63. The normalized spacial score (nSPS) is 13.4. The van der Waals surface area contributed by atoms with Crippen LogP contribution in [0.1, 0.15) is 23.1 Å². The summed E-state index contributed by atoms with van der Waals surface area (Å²) in [5.41, 5.74) is 5.06. The van der Waals surface area contributed by atoms with Crippen molar-refractivity contribution in [1.29, 1.82) is 0 Å². The van der Waals surface area contributed by atoms with Crippen LogP contribution in [0.4, 0.5) is 21.9 Å². The van der Waals surface area contributed by atoms with Gasteiger partial charge in [0.25, 0.3) is 10.0 Å². The maximum Gasteiger partial charge on any atom is 0.323 e. The van der Waals surface area contributed by atoms with E-state index in [-0.39, 0.29) is 10.9 Å². The number of carbonyl (C=O) groups is 1. The van der Waals surface area contributed by atoms with Crippen molar-refractivity contribution < 1.29 is 13.2 Å². The van der Waals surface area contributed by atoms with Gasteiger partial charge in [0.15, 0.2) is 0 Å². The third-order valence-corrected chi connectivity index (χ3v) is 7.05. The van der Waals surface area contributed by atoms with Gasteiger partial charge in [-0.15, -0.1) is 0 Å². The van der Waals surface area contributed by atoms with E-state index < -0.39 is 10.0 Å². The van der Waals surface area contributed by atoms with E-state index in [1.165, 1.54) is 4.31 Å². The Hall–Kier alpha value is -3.32. The molecule has 160 valence electrons. The lowest BCUT2D eigenvalue weighted by atomic mass is 10.0. The summed E-state index contributed by atoms with van der Waals surface area (Å²) in [5.74, 6) is 0. The molecule has 0 saturated heterocycles. The maximum atomic E-state index is 13.1. The summed E-state index contributed by atoms with van der Waals surface area (Å²) in [6.07, 6.45) is 1.47. The van der Waals surface area contributed by atoms with Gasteiger partial charge in [0.1, 0.15) is 0 Å². The van der Waals surface area contributed by atoms with Gasteiger partial charge < -0.3 is 10.6 Å². The minimum absolute atomic E-state index is 0.276. The number of nitrogens with zero attached hydrogens (tertiary/aromatic N) is 1. The van der Waals surface area contributed by atoms with E-state index in [9.17, 15) is 13.2 Å². The molecule has 0 radical (unpaired) electrons. The first-order valence-corrected chi connectivity index (χ1v) is 11.6. The number of aryl methyl sites for hydroxylation is 3. The summed E-state index contributed by atoms with van der Waals surface area (Å²) in [4.78, 5) is 12.7. The van der Waals surface area contributed by atoms with Crippen LogP contribution in [0.25, 0.3) is 0 Å². The van der Waals surface area contributed by atoms with Crippen LogP contribution in [-0.4, -0.2) is 21.0 Å². The van der Waals surface area contributed by atoms with Crippen LogP contribution >= 0.6 is 0 Å². The van der Waals surface area contributed by atoms with Gasteiger partial charge in [-0.1, -0.05) is 24.3 Å². The van der Waals surface area contributed by atoms with Gasteiger partial charge in [-0.2, -0.15) is 0 Å².